The number of hydrogen-bond donors (Lipinski definition) is 3. The van der Waals surface area contributed by atoms with E-state index >= 15 is 0 Å². The zero-order valence-corrected chi connectivity index (χ0v) is 30.2. The van der Waals surface area contributed by atoms with E-state index in [1.165, 1.54) is 0 Å². The van der Waals surface area contributed by atoms with Gasteiger partial charge in [0.25, 0.3) is 5.91 Å². The molecule has 4 fully saturated rings. The molecule has 3 saturated carbocycles. The number of alkyl carbamates (subject to hydrolysis) is 1. The summed E-state index contributed by atoms with van der Waals surface area (Å²) in [5.74, 6) is -3.15. The number of amides is 4. The number of carbonyl (C=O) groups excluding carboxylic acids is 5. The van der Waals surface area contributed by atoms with Crippen molar-refractivity contribution in [3.05, 3.63) is 12.7 Å². The van der Waals surface area contributed by atoms with Crippen LogP contribution in [0.25, 0.3) is 0 Å². The van der Waals surface area contributed by atoms with Gasteiger partial charge in [0.1, 0.15) is 17.7 Å². The second kappa shape index (κ2) is 15.3. The Morgan fingerprint density at radius 2 is 1.60 bits per heavy atom. The number of ether oxygens (including phenoxy) is 1. The number of allylic oxidation sites excluding steroid dienone is 1. The zero-order valence-electron chi connectivity index (χ0n) is 29.3. The van der Waals surface area contributed by atoms with Gasteiger partial charge in [-0.3, -0.25) is 19.2 Å². The fourth-order valence-electron chi connectivity index (χ4n) is 8.05. The lowest BCUT2D eigenvalue weighted by atomic mass is 9.83. The summed E-state index contributed by atoms with van der Waals surface area (Å²) in [6, 6.07) is -2.93. The average Bonchev–Trinajstić information content (AvgIpc) is 3.48. The molecule has 3 unspecified atom stereocenters. The van der Waals surface area contributed by atoms with E-state index in [0.717, 1.165) is 44.9 Å². The maximum atomic E-state index is 14.3. The molecule has 4 rings (SSSR count). The van der Waals surface area contributed by atoms with E-state index < -0.39 is 62.5 Å². The molecule has 0 spiro atoms. The van der Waals surface area contributed by atoms with Crippen LogP contribution >= 0.6 is 0 Å². The second-order valence-corrected chi connectivity index (χ2v) is 18.1. The summed E-state index contributed by atoms with van der Waals surface area (Å²) >= 11 is 0. The van der Waals surface area contributed by atoms with Crippen LogP contribution < -0.4 is 16.0 Å². The van der Waals surface area contributed by atoms with Gasteiger partial charge in [0.05, 0.1) is 17.0 Å². The third-order valence-electron chi connectivity index (χ3n) is 10.8. The van der Waals surface area contributed by atoms with E-state index in [9.17, 15) is 32.4 Å². The first-order valence-corrected chi connectivity index (χ1v) is 19.4. The average molecular weight is 693 g/mol. The molecule has 1 saturated heterocycles. The number of hydrogen-bond acceptors (Lipinski definition) is 8. The van der Waals surface area contributed by atoms with Crippen LogP contribution in [0.4, 0.5) is 4.79 Å². The van der Waals surface area contributed by atoms with Gasteiger partial charge in [-0.25, -0.2) is 13.2 Å². The third-order valence-corrected chi connectivity index (χ3v) is 13.1. The number of fused-ring (bicyclic) bond motifs is 1. The van der Waals surface area contributed by atoms with Crippen molar-refractivity contribution in [3.63, 3.8) is 0 Å². The SMILES string of the molecule is C=CCCC(NC(=O)[C@@H]1C2C(CN1C(=O)[C@@H](NC(=O)OC(C)(C)C)C1CCCCC1)C2(C)C)C(=O)C(=O)NCCS(=O)(=O)C1CCCC1. The van der Waals surface area contributed by atoms with Crippen molar-refractivity contribution in [2.45, 2.75) is 134 Å². The van der Waals surface area contributed by atoms with E-state index in [-0.39, 0.29) is 47.8 Å². The number of piperidine rings is 1. The first-order valence-electron chi connectivity index (χ1n) is 17.7. The van der Waals surface area contributed by atoms with Crippen molar-refractivity contribution in [1.29, 1.82) is 0 Å². The smallest absolute Gasteiger partial charge is 0.408 e. The molecule has 270 valence electrons. The number of rotatable bonds is 14. The summed E-state index contributed by atoms with van der Waals surface area (Å²) in [5, 5.41) is 7.64. The molecule has 12 nitrogen and oxygen atoms in total. The highest BCUT2D eigenvalue weighted by atomic mass is 32.2. The minimum Gasteiger partial charge on any atom is -0.444 e. The van der Waals surface area contributed by atoms with E-state index in [2.05, 4.69) is 36.4 Å². The number of Topliss-reactive ketones (excluding diaryl/α,β-unsaturated/α-hetero) is 1. The first kappa shape index (κ1) is 37.9. The van der Waals surface area contributed by atoms with Crippen LogP contribution in [0.1, 0.15) is 105 Å². The maximum absolute atomic E-state index is 14.3. The fraction of sp³-hybridized carbons (Fsp3) is 0.800. The Morgan fingerprint density at radius 1 is 0.979 bits per heavy atom. The number of ketones is 1. The van der Waals surface area contributed by atoms with Gasteiger partial charge in [0.2, 0.25) is 17.6 Å². The second-order valence-electron chi connectivity index (χ2n) is 15.7. The summed E-state index contributed by atoms with van der Waals surface area (Å²) < 4.78 is 30.8. The number of sulfone groups is 1. The lowest BCUT2D eigenvalue weighted by Gasteiger charge is -2.37. The molecule has 1 heterocycles. The molecule has 0 aromatic rings. The molecular weight excluding hydrogens is 636 g/mol. The van der Waals surface area contributed by atoms with Gasteiger partial charge in [-0.15, -0.1) is 6.58 Å². The Bertz CT molecular complexity index is 1340. The van der Waals surface area contributed by atoms with Crippen molar-refractivity contribution in [1.82, 2.24) is 20.9 Å². The maximum Gasteiger partial charge on any atom is 0.408 e. The Labute approximate surface area is 285 Å². The van der Waals surface area contributed by atoms with E-state index in [1.54, 1.807) is 31.7 Å². The Morgan fingerprint density at radius 3 is 2.21 bits per heavy atom. The number of nitrogens with zero attached hydrogens (tertiary/aromatic N) is 1. The first-order chi connectivity index (χ1) is 22.5. The van der Waals surface area contributed by atoms with Crippen molar-refractivity contribution in [3.8, 4) is 0 Å². The van der Waals surface area contributed by atoms with E-state index in [1.807, 2.05) is 0 Å². The van der Waals surface area contributed by atoms with Crippen LogP contribution in [0.2, 0.25) is 0 Å². The van der Waals surface area contributed by atoms with Crippen LogP contribution in [0, 0.1) is 23.2 Å². The molecule has 3 N–H and O–H groups in total. The summed E-state index contributed by atoms with van der Waals surface area (Å²) in [7, 11) is -3.39. The molecule has 0 aromatic heterocycles. The highest BCUT2D eigenvalue weighted by Gasteiger charge is 2.69. The molecule has 5 atom stereocenters. The topological polar surface area (TPSA) is 168 Å². The Balaban J connectivity index is 1.48. The number of carbonyl (C=O) groups is 5. The lowest BCUT2D eigenvalue weighted by Crippen LogP contribution is -2.60. The number of likely N-dealkylation sites (tertiary alicyclic amines) is 1. The van der Waals surface area contributed by atoms with Crippen LogP contribution in [0.5, 0.6) is 0 Å². The molecule has 1 aliphatic heterocycles. The van der Waals surface area contributed by atoms with Crippen LogP contribution in [0.3, 0.4) is 0 Å². The molecule has 4 aliphatic rings. The molecule has 0 radical (unpaired) electrons. The summed E-state index contributed by atoms with van der Waals surface area (Å²) in [6.45, 7) is 13.2. The van der Waals surface area contributed by atoms with Gasteiger partial charge in [0, 0.05) is 13.1 Å². The monoisotopic (exact) mass is 692 g/mol. The molecule has 48 heavy (non-hydrogen) atoms. The zero-order chi connectivity index (χ0) is 35.4. The third kappa shape index (κ3) is 8.98. The van der Waals surface area contributed by atoms with Gasteiger partial charge in [-0.05, 0) is 82.5 Å². The molecule has 0 aromatic carbocycles. The molecule has 0 bridgehead atoms. The van der Waals surface area contributed by atoms with Crippen LogP contribution in [0.15, 0.2) is 12.7 Å². The van der Waals surface area contributed by atoms with Gasteiger partial charge >= 0.3 is 6.09 Å². The highest BCUT2D eigenvalue weighted by Crippen LogP contribution is 2.65. The van der Waals surface area contributed by atoms with Crippen molar-refractivity contribution < 1.29 is 37.1 Å². The lowest BCUT2D eigenvalue weighted by molar-refractivity contribution is -0.145. The standard InChI is InChI=1S/C35H56N4O8S/c1-7-8-18-25(29(40)31(42)36-19-20-48(45,46)23-16-12-13-17-23)37-30(41)28-26-24(35(26,5)6)21-39(28)32(43)27(22-14-10-9-11-15-22)38-33(44)47-34(2,3)4/h7,22-28H,1,8-21H2,2-6H3,(H,36,42)(H,37,41)(H,38,44)/t24?,25?,26?,27-,28-/m0/s1. The molecular formula is C35H56N4O8S. The summed E-state index contributed by atoms with van der Waals surface area (Å²) in [5.41, 5.74) is -0.962. The minimum absolute atomic E-state index is 0.0678. The largest absolute Gasteiger partial charge is 0.444 e. The van der Waals surface area contributed by atoms with Crippen LogP contribution in [-0.2, 0) is 33.8 Å². The Hall–Kier alpha value is -2.96. The van der Waals surface area contributed by atoms with Gasteiger partial charge < -0.3 is 25.6 Å². The van der Waals surface area contributed by atoms with Crippen molar-refractivity contribution in [2.75, 3.05) is 18.8 Å². The summed E-state index contributed by atoms with van der Waals surface area (Å²) in [6.07, 6.45) is 8.78. The summed E-state index contributed by atoms with van der Waals surface area (Å²) in [4.78, 5) is 69.1. The Kier molecular flexibility index (Phi) is 12.1. The quantitative estimate of drug-likeness (QED) is 0.184. The predicted molar refractivity (Wildman–Crippen MR) is 181 cm³/mol. The highest BCUT2D eigenvalue weighted by molar-refractivity contribution is 7.92. The molecule has 13 heteroatoms. The normalized spacial score (nSPS) is 25.4. The molecule has 4 amide bonds. The van der Waals surface area contributed by atoms with Gasteiger partial charge in [0.15, 0.2) is 9.84 Å². The number of nitrogens with one attached hydrogen (secondary N) is 3. The fourth-order valence-corrected chi connectivity index (χ4v) is 9.82. The van der Waals surface area contributed by atoms with E-state index in [0.29, 0.717) is 25.8 Å². The van der Waals surface area contributed by atoms with Crippen molar-refractivity contribution >= 4 is 39.4 Å². The molecule has 3 aliphatic carbocycles. The van der Waals surface area contributed by atoms with E-state index in [4.69, 9.17) is 4.74 Å². The van der Waals surface area contributed by atoms with Crippen LogP contribution in [-0.4, -0.2) is 90.7 Å². The van der Waals surface area contributed by atoms with Crippen molar-refractivity contribution in [2.24, 2.45) is 23.2 Å². The minimum atomic E-state index is -3.39. The van der Waals surface area contributed by atoms with Gasteiger partial charge in [-0.2, -0.15) is 0 Å². The van der Waals surface area contributed by atoms with Gasteiger partial charge in [-0.1, -0.05) is 52.0 Å². The predicted octanol–water partition coefficient (Wildman–Crippen LogP) is 3.44.